The van der Waals surface area contributed by atoms with Crippen LogP contribution in [0, 0.1) is 5.92 Å². The molecule has 2 unspecified atom stereocenters. The summed E-state index contributed by atoms with van der Waals surface area (Å²) in [5, 5.41) is 0. The maximum absolute atomic E-state index is 12.8. The highest BCUT2D eigenvalue weighted by Gasteiger charge is 2.31. The second-order valence-electron chi connectivity index (χ2n) is 8.92. The number of nitrogens with zero attached hydrogens (tertiary/aromatic N) is 1. The number of carbonyl (C=O) groups is 1. The Labute approximate surface area is 189 Å². The van der Waals surface area contributed by atoms with Gasteiger partial charge in [-0.05, 0) is 49.7 Å². The largest absolute Gasteiger partial charge is 0.485 e. The Morgan fingerprint density at radius 3 is 2.50 bits per heavy atom. The second-order valence-corrected chi connectivity index (χ2v) is 8.92. The van der Waals surface area contributed by atoms with Gasteiger partial charge in [-0.1, -0.05) is 60.7 Å². The third-order valence-electron chi connectivity index (χ3n) is 6.55. The molecule has 3 atom stereocenters. The average Bonchev–Trinajstić information content (AvgIpc) is 2.83. The molecule has 0 aliphatic carbocycles. The fourth-order valence-corrected chi connectivity index (χ4v) is 4.91. The van der Waals surface area contributed by atoms with Crippen LogP contribution in [0.4, 0.5) is 0 Å². The van der Waals surface area contributed by atoms with Crippen molar-refractivity contribution < 1.29 is 14.3 Å². The number of likely N-dealkylation sites (tertiary alicyclic amines) is 1. The van der Waals surface area contributed by atoms with Gasteiger partial charge in [-0.25, -0.2) is 0 Å². The predicted molar refractivity (Wildman–Crippen MR) is 125 cm³/mol. The Bertz CT molecular complexity index is 1070. The smallest absolute Gasteiger partial charge is 0.170 e. The summed E-state index contributed by atoms with van der Waals surface area (Å²) in [5.41, 5.74) is 2.84. The first kappa shape index (κ1) is 20.8. The van der Waals surface area contributed by atoms with Crippen LogP contribution in [0.5, 0.6) is 11.5 Å². The van der Waals surface area contributed by atoms with E-state index < -0.39 is 0 Å². The van der Waals surface area contributed by atoms with Crippen molar-refractivity contribution in [1.29, 1.82) is 0 Å². The van der Waals surface area contributed by atoms with Crippen LogP contribution >= 0.6 is 0 Å². The van der Waals surface area contributed by atoms with Crippen molar-refractivity contribution in [2.24, 2.45) is 5.92 Å². The maximum atomic E-state index is 12.8. The van der Waals surface area contributed by atoms with Crippen LogP contribution in [0.25, 0.3) is 0 Å². The molecule has 1 fully saturated rings. The predicted octanol–water partition coefficient (Wildman–Crippen LogP) is 5.86. The molecule has 2 aliphatic rings. The molecule has 0 saturated carbocycles. The number of carbonyl (C=O) groups excluding carboxylic acids is 1. The molecule has 0 N–H and O–H groups in total. The zero-order valence-corrected chi connectivity index (χ0v) is 18.4. The van der Waals surface area contributed by atoms with E-state index in [1.807, 2.05) is 54.6 Å². The third-order valence-corrected chi connectivity index (χ3v) is 6.55. The van der Waals surface area contributed by atoms with Crippen molar-refractivity contribution in [2.45, 2.75) is 31.5 Å². The van der Waals surface area contributed by atoms with Gasteiger partial charge in [0.2, 0.25) is 0 Å². The van der Waals surface area contributed by atoms with Crippen LogP contribution in [0.15, 0.2) is 78.9 Å². The van der Waals surface area contributed by atoms with E-state index >= 15 is 0 Å². The fraction of sp³-hybridized carbons (Fsp3) is 0.321. The highest BCUT2D eigenvalue weighted by Crippen LogP contribution is 2.39. The summed E-state index contributed by atoms with van der Waals surface area (Å²) in [6.45, 7) is 2.14. The van der Waals surface area contributed by atoms with Crippen LogP contribution in [0.1, 0.15) is 53.0 Å². The number of benzene rings is 3. The standard InChI is InChI=1S/C28H29NO3/c1-29-16-8-13-22(19-29)28(21-11-6-3-7-12-21)31-23-14-15-24-25(30)18-26(32-27(24)17-23)20-9-4-2-5-10-20/h2-7,9-12,14-15,17,22,26,28H,8,13,16,18-19H2,1H3/t22?,26-,28?/m1/s1. The number of ketones is 1. The van der Waals surface area contributed by atoms with Crippen LogP contribution in [-0.4, -0.2) is 30.8 Å². The first-order chi connectivity index (χ1) is 15.7. The molecule has 2 heterocycles. The first-order valence-electron chi connectivity index (χ1n) is 11.5. The molecular weight excluding hydrogens is 398 g/mol. The van der Waals surface area contributed by atoms with Crippen molar-refractivity contribution in [3.63, 3.8) is 0 Å². The quantitative estimate of drug-likeness (QED) is 0.512. The van der Waals surface area contributed by atoms with Gasteiger partial charge in [-0.3, -0.25) is 4.79 Å². The molecule has 5 rings (SSSR count). The molecule has 3 aromatic rings. The van der Waals surface area contributed by atoms with Crippen LogP contribution in [0.2, 0.25) is 0 Å². The van der Waals surface area contributed by atoms with E-state index in [0.717, 1.165) is 30.8 Å². The van der Waals surface area contributed by atoms with Gasteiger partial charge in [0.15, 0.2) is 5.78 Å². The van der Waals surface area contributed by atoms with Crippen molar-refractivity contribution >= 4 is 5.78 Å². The molecule has 4 nitrogen and oxygen atoms in total. The van der Waals surface area contributed by atoms with Crippen LogP contribution in [-0.2, 0) is 0 Å². The lowest BCUT2D eigenvalue weighted by atomic mass is 9.88. The molecule has 1 saturated heterocycles. The van der Waals surface area contributed by atoms with Gasteiger partial charge >= 0.3 is 0 Å². The SMILES string of the molecule is CN1CCCC(C(Oc2ccc3c(c2)O[C@@H](c2ccccc2)CC3=O)c2ccccc2)C1. The molecule has 0 radical (unpaired) electrons. The lowest BCUT2D eigenvalue weighted by molar-refractivity contribution is 0.0761. The molecule has 3 aromatic carbocycles. The maximum Gasteiger partial charge on any atom is 0.170 e. The van der Waals surface area contributed by atoms with Gasteiger partial charge in [0.05, 0.1) is 12.0 Å². The summed E-state index contributed by atoms with van der Waals surface area (Å²) < 4.78 is 12.9. The summed E-state index contributed by atoms with van der Waals surface area (Å²) in [5.74, 6) is 1.87. The summed E-state index contributed by atoms with van der Waals surface area (Å²) in [6, 6.07) is 26.0. The number of Topliss-reactive ketones (excluding diaryl/α,β-unsaturated/α-hetero) is 1. The highest BCUT2D eigenvalue weighted by molar-refractivity contribution is 6.00. The van der Waals surface area contributed by atoms with Gasteiger partial charge in [-0.15, -0.1) is 0 Å². The zero-order chi connectivity index (χ0) is 21.9. The van der Waals surface area contributed by atoms with E-state index in [1.165, 1.54) is 12.0 Å². The van der Waals surface area contributed by atoms with E-state index in [-0.39, 0.29) is 18.0 Å². The number of fused-ring (bicyclic) bond motifs is 1. The Morgan fingerprint density at radius 1 is 1.00 bits per heavy atom. The number of hydrogen-bond donors (Lipinski definition) is 0. The Morgan fingerprint density at radius 2 is 1.75 bits per heavy atom. The number of hydrogen-bond acceptors (Lipinski definition) is 4. The van der Waals surface area contributed by atoms with Gasteiger partial charge in [0.1, 0.15) is 23.7 Å². The lowest BCUT2D eigenvalue weighted by Crippen LogP contribution is -2.36. The van der Waals surface area contributed by atoms with Gasteiger partial charge in [0, 0.05) is 18.5 Å². The summed E-state index contributed by atoms with van der Waals surface area (Å²) in [6.07, 6.45) is 2.37. The monoisotopic (exact) mass is 427 g/mol. The second kappa shape index (κ2) is 9.17. The van der Waals surface area contributed by atoms with Crippen molar-refractivity contribution in [3.05, 3.63) is 95.6 Å². The van der Waals surface area contributed by atoms with Crippen molar-refractivity contribution in [3.8, 4) is 11.5 Å². The Hall–Kier alpha value is -3.11. The third kappa shape index (κ3) is 4.42. The topological polar surface area (TPSA) is 38.8 Å². The number of piperidine rings is 1. The number of rotatable bonds is 5. The zero-order valence-electron chi connectivity index (χ0n) is 18.4. The Kier molecular flexibility index (Phi) is 5.95. The average molecular weight is 428 g/mol. The highest BCUT2D eigenvalue weighted by atomic mass is 16.5. The van der Waals surface area contributed by atoms with Crippen LogP contribution < -0.4 is 9.47 Å². The molecule has 0 spiro atoms. The Balaban J connectivity index is 1.42. The molecular formula is C28H29NO3. The van der Waals surface area contributed by atoms with E-state index in [4.69, 9.17) is 9.47 Å². The van der Waals surface area contributed by atoms with Crippen molar-refractivity contribution in [1.82, 2.24) is 4.90 Å². The van der Waals surface area contributed by atoms with Crippen molar-refractivity contribution in [2.75, 3.05) is 20.1 Å². The summed E-state index contributed by atoms with van der Waals surface area (Å²) >= 11 is 0. The molecule has 0 aromatic heterocycles. The molecule has 4 heteroatoms. The van der Waals surface area contributed by atoms with E-state index in [9.17, 15) is 4.79 Å². The lowest BCUT2D eigenvalue weighted by Gasteiger charge is -2.35. The van der Waals surface area contributed by atoms with Gasteiger partial charge in [-0.2, -0.15) is 0 Å². The van der Waals surface area contributed by atoms with Gasteiger partial charge in [0.25, 0.3) is 0 Å². The molecule has 32 heavy (non-hydrogen) atoms. The minimum atomic E-state index is -0.261. The van der Waals surface area contributed by atoms with E-state index in [2.05, 4.69) is 36.2 Å². The molecule has 2 aliphatic heterocycles. The number of ether oxygens (including phenoxy) is 2. The van der Waals surface area contributed by atoms with E-state index in [1.54, 1.807) is 0 Å². The first-order valence-corrected chi connectivity index (χ1v) is 11.5. The minimum Gasteiger partial charge on any atom is -0.485 e. The van der Waals surface area contributed by atoms with E-state index in [0.29, 0.717) is 23.7 Å². The molecule has 0 bridgehead atoms. The normalized spacial score (nSPS) is 22.0. The van der Waals surface area contributed by atoms with Gasteiger partial charge < -0.3 is 14.4 Å². The molecule has 0 amide bonds. The summed E-state index contributed by atoms with van der Waals surface area (Å²) in [4.78, 5) is 15.2. The molecule has 164 valence electrons. The minimum absolute atomic E-state index is 0.0405. The fourth-order valence-electron chi connectivity index (χ4n) is 4.91. The summed E-state index contributed by atoms with van der Waals surface area (Å²) in [7, 11) is 2.18. The van der Waals surface area contributed by atoms with Crippen LogP contribution in [0.3, 0.4) is 0 Å².